The molecule has 7 heteroatoms. The van der Waals surface area contributed by atoms with Gasteiger partial charge in [0.25, 0.3) is 5.91 Å². The van der Waals surface area contributed by atoms with Crippen molar-refractivity contribution in [3.8, 4) is 0 Å². The predicted molar refractivity (Wildman–Crippen MR) is 78.0 cm³/mol. The molecule has 0 aliphatic carbocycles. The van der Waals surface area contributed by atoms with Crippen LogP contribution in [-0.4, -0.2) is 38.4 Å². The molecule has 1 N–H and O–H groups in total. The molecular formula is C16H20F3NO3. The van der Waals surface area contributed by atoms with Crippen molar-refractivity contribution in [1.82, 2.24) is 5.32 Å². The van der Waals surface area contributed by atoms with Gasteiger partial charge in [-0.25, -0.2) is 0 Å². The minimum absolute atomic E-state index is 0.0962. The van der Waals surface area contributed by atoms with Gasteiger partial charge in [-0.3, -0.25) is 4.79 Å². The first-order valence-corrected chi connectivity index (χ1v) is 7.52. The van der Waals surface area contributed by atoms with Gasteiger partial charge in [-0.05, 0) is 24.0 Å². The summed E-state index contributed by atoms with van der Waals surface area (Å²) in [7, 11) is 0. The number of nitrogens with one attached hydrogen (secondary N) is 1. The molecule has 1 aliphatic rings. The van der Waals surface area contributed by atoms with Crippen LogP contribution in [0, 0.1) is 0 Å². The molecule has 0 radical (unpaired) electrons. The second kappa shape index (κ2) is 7.79. The van der Waals surface area contributed by atoms with Crippen LogP contribution >= 0.6 is 0 Å². The highest BCUT2D eigenvalue weighted by molar-refractivity contribution is 5.80. The standard InChI is InChI=1S/C16H20F3NO3/c1-11(12-3-2-4-13(9-12)16(17,18)19)5-6-20-15(21)14-10-22-7-8-23-14/h2-4,9,11,14H,5-8,10H2,1H3,(H,20,21)/t11-,14+/m1/s1. The lowest BCUT2D eigenvalue weighted by Crippen LogP contribution is -2.43. The second-order valence-electron chi connectivity index (χ2n) is 5.54. The minimum Gasteiger partial charge on any atom is -0.376 e. The van der Waals surface area contributed by atoms with Crippen LogP contribution in [0.15, 0.2) is 24.3 Å². The maximum Gasteiger partial charge on any atom is 0.416 e. The number of ether oxygens (including phenoxy) is 2. The number of benzene rings is 1. The fourth-order valence-corrected chi connectivity index (χ4v) is 2.35. The quantitative estimate of drug-likeness (QED) is 0.902. The third-order valence-corrected chi connectivity index (χ3v) is 3.77. The highest BCUT2D eigenvalue weighted by Crippen LogP contribution is 2.31. The number of amides is 1. The van der Waals surface area contributed by atoms with Crippen molar-refractivity contribution in [2.24, 2.45) is 0 Å². The predicted octanol–water partition coefficient (Wildman–Crippen LogP) is 2.73. The fourth-order valence-electron chi connectivity index (χ4n) is 2.35. The Morgan fingerprint density at radius 3 is 2.83 bits per heavy atom. The lowest BCUT2D eigenvalue weighted by Gasteiger charge is -2.22. The molecular weight excluding hydrogens is 311 g/mol. The third-order valence-electron chi connectivity index (χ3n) is 3.77. The van der Waals surface area contributed by atoms with Gasteiger partial charge < -0.3 is 14.8 Å². The van der Waals surface area contributed by atoms with E-state index in [-0.39, 0.29) is 18.4 Å². The Labute approximate surface area is 133 Å². The molecule has 1 heterocycles. The first-order valence-electron chi connectivity index (χ1n) is 7.52. The first-order chi connectivity index (χ1) is 10.9. The maximum absolute atomic E-state index is 12.7. The maximum atomic E-state index is 12.7. The summed E-state index contributed by atoms with van der Waals surface area (Å²) in [5, 5.41) is 2.73. The van der Waals surface area contributed by atoms with Crippen molar-refractivity contribution in [3.63, 3.8) is 0 Å². The van der Waals surface area contributed by atoms with Gasteiger partial charge in [0.05, 0.1) is 25.4 Å². The topological polar surface area (TPSA) is 47.6 Å². The molecule has 1 aromatic rings. The van der Waals surface area contributed by atoms with Crippen LogP contribution in [0.3, 0.4) is 0 Å². The monoisotopic (exact) mass is 331 g/mol. The molecule has 0 spiro atoms. The number of carbonyl (C=O) groups excluding carboxylic acids is 1. The van der Waals surface area contributed by atoms with E-state index in [9.17, 15) is 18.0 Å². The summed E-state index contributed by atoms with van der Waals surface area (Å²) in [6.07, 6.45) is -4.41. The van der Waals surface area contributed by atoms with E-state index >= 15 is 0 Å². The zero-order chi connectivity index (χ0) is 16.9. The van der Waals surface area contributed by atoms with Crippen LogP contribution in [0.25, 0.3) is 0 Å². The molecule has 0 bridgehead atoms. The Bertz CT molecular complexity index is 528. The van der Waals surface area contributed by atoms with E-state index in [1.807, 2.05) is 6.92 Å². The van der Waals surface area contributed by atoms with Crippen molar-refractivity contribution >= 4 is 5.91 Å². The van der Waals surface area contributed by atoms with Crippen molar-refractivity contribution < 1.29 is 27.4 Å². The number of halogens is 3. The van der Waals surface area contributed by atoms with Crippen LogP contribution in [0.1, 0.15) is 30.4 Å². The zero-order valence-corrected chi connectivity index (χ0v) is 12.9. The van der Waals surface area contributed by atoms with Gasteiger partial charge >= 0.3 is 6.18 Å². The van der Waals surface area contributed by atoms with Gasteiger partial charge in [-0.15, -0.1) is 0 Å². The molecule has 2 rings (SSSR count). The summed E-state index contributed by atoms with van der Waals surface area (Å²) in [6, 6.07) is 5.28. The van der Waals surface area contributed by atoms with Gasteiger partial charge in [0.2, 0.25) is 0 Å². The van der Waals surface area contributed by atoms with E-state index in [0.29, 0.717) is 31.7 Å². The SMILES string of the molecule is C[C@H](CCNC(=O)[C@@H]1COCCO1)c1cccc(C(F)(F)F)c1. The summed E-state index contributed by atoms with van der Waals surface area (Å²) in [5.74, 6) is -0.345. The Morgan fingerprint density at radius 2 is 2.17 bits per heavy atom. The van der Waals surface area contributed by atoms with Crippen LogP contribution in [0.4, 0.5) is 13.2 Å². The molecule has 2 atom stereocenters. The molecule has 1 saturated heterocycles. The number of carbonyl (C=O) groups is 1. The van der Waals surface area contributed by atoms with Crippen molar-refractivity contribution in [1.29, 1.82) is 0 Å². The fraction of sp³-hybridized carbons (Fsp3) is 0.562. The summed E-state index contributed by atoms with van der Waals surface area (Å²) < 4.78 is 48.6. The second-order valence-corrected chi connectivity index (χ2v) is 5.54. The summed E-state index contributed by atoms with van der Waals surface area (Å²) >= 11 is 0. The average molecular weight is 331 g/mol. The highest BCUT2D eigenvalue weighted by Gasteiger charge is 2.30. The molecule has 0 unspecified atom stereocenters. The van der Waals surface area contributed by atoms with Crippen molar-refractivity contribution in [2.75, 3.05) is 26.4 Å². The largest absolute Gasteiger partial charge is 0.416 e. The number of hydrogen-bond donors (Lipinski definition) is 1. The van der Waals surface area contributed by atoms with Crippen LogP contribution in [0.2, 0.25) is 0 Å². The van der Waals surface area contributed by atoms with Gasteiger partial charge in [0, 0.05) is 6.54 Å². The molecule has 128 valence electrons. The van der Waals surface area contributed by atoms with E-state index in [0.717, 1.165) is 12.1 Å². The number of hydrogen-bond acceptors (Lipinski definition) is 3. The van der Waals surface area contributed by atoms with E-state index in [4.69, 9.17) is 9.47 Å². The number of rotatable bonds is 5. The Balaban J connectivity index is 1.82. The van der Waals surface area contributed by atoms with Gasteiger partial charge in [-0.2, -0.15) is 13.2 Å². The highest BCUT2D eigenvalue weighted by atomic mass is 19.4. The van der Waals surface area contributed by atoms with Gasteiger partial charge in [0.15, 0.2) is 6.10 Å². The van der Waals surface area contributed by atoms with Crippen molar-refractivity contribution in [3.05, 3.63) is 35.4 Å². The molecule has 0 aromatic heterocycles. The van der Waals surface area contributed by atoms with E-state index in [1.54, 1.807) is 6.07 Å². The Morgan fingerprint density at radius 1 is 1.39 bits per heavy atom. The average Bonchev–Trinajstić information content (AvgIpc) is 2.54. The van der Waals surface area contributed by atoms with Gasteiger partial charge in [0.1, 0.15) is 0 Å². The summed E-state index contributed by atoms with van der Waals surface area (Å²) in [6.45, 7) is 3.31. The molecule has 1 aromatic carbocycles. The van der Waals surface area contributed by atoms with E-state index in [2.05, 4.69) is 5.32 Å². The molecule has 0 saturated carbocycles. The van der Waals surface area contributed by atoms with Crippen LogP contribution in [-0.2, 0) is 20.4 Å². The molecule has 23 heavy (non-hydrogen) atoms. The lowest BCUT2D eigenvalue weighted by molar-refractivity contribution is -0.147. The summed E-state index contributed by atoms with van der Waals surface area (Å²) in [5.41, 5.74) is -0.0510. The molecule has 1 aliphatic heterocycles. The number of alkyl halides is 3. The molecule has 1 amide bonds. The lowest BCUT2D eigenvalue weighted by atomic mass is 9.96. The first kappa shape index (κ1) is 17.7. The smallest absolute Gasteiger partial charge is 0.376 e. The van der Waals surface area contributed by atoms with E-state index in [1.165, 1.54) is 6.07 Å². The summed E-state index contributed by atoms with van der Waals surface area (Å²) in [4.78, 5) is 11.8. The van der Waals surface area contributed by atoms with E-state index < -0.39 is 17.8 Å². The Hall–Kier alpha value is -1.60. The zero-order valence-electron chi connectivity index (χ0n) is 12.9. The molecule has 4 nitrogen and oxygen atoms in total. The van der Waals surface area contributed by atoms with Crippen LogP contribution in [0.5, 0.6) is 0 Å². The van der Waals surface area contributed by atoms with Crippen LogP contribution < -0.4 is 5.32 Å². The Kier molecular flexibility index (Phi) is 6.01. The molecule has 1 fully saturated rings. The third kappa shape index (κ3) is 5.21. The van der Waals surface area contributed by atoms with Gasteiger partial charge in [-0.1, -0.05) is 25.1 Å². The van der Waals surface area contributed by atoms with Crippen molar-refractivity contribution in [2.45, 2.75) is 31.5 Å². The minimum atomic E-state index is -4.34. The normalized spacial score (nSPS) is 20.1.